The number of rotatable bonds is 4. The van der Waals surface area contributed by atoms with Crippen LogP contribution in [0.1, 0.15) is 20.8 Å². The maximum Gasteiger partial charge on any atom is 0.328 e. The molecule has 0 aliphatic carbocycles. The van der Waals surface area contributed by atoms with Crippen molar-refractivity contribution in [2.24, 2.45) is 5.41 Å². The van der Waals surface area contributed by atoms with Gasteiger partial charge in [-0.25, -0.2) is 4.79 Å². The average molecular weight is 379 g/mol. The fraction of sp³-hybridized carbons (Fsp3) is 0.294. The maximum absolute atomic E-state index is 12.0. The molecule has 2 aromatic rings. The SMILES string of the molecule is CC(C)(C)C(=O)Nc1ccc(NC(=O)Cn2ccc(=O)[nH]c2=O)cc1Cl. The molecule has 1 aromatic carbocycles. The lowest BCUT2D eigenvalue weighted by atomic mass is 9.95. The molecular formula is C17H19ClN4O4. The lowest BCUT2D eigenvalue weighted by Crippen LogP contribution is -2.32. The third kappa shape index (κ3) is 5.06. The first kappa shape index (κ1) is 19.5. The second kappa shape index (κ2) is 7.57. The van der Waals surface area contributed by atoms with Gasteiger partial charge in [0.05, 0.1) is 10.7 Å². The first-order valence-electron chi connectivity index (χ1n) is 7.77. The van der Waals surface area contributed by atoms with Gasteiger partial charge in [-0.15, -0.1) is 0 Å². The first-order valence-corrected chi connectivity index (χ1v) is 8.15. The molecular weight excluding hydrogens is 360 g/mol. The van der Waals surface area contributed by atoms with Crippen LogP contribution in [0.5, 0.6) is 0 Å². The molecule has 138 valence electrons. The summed E-state index contributed by atoms with van der Waals surface area (Å²) in [6, 6.07) is 5.80. The highest BCUT2D eigenvalue weighted by Crippen LogP contribution is 2.27. The number of nitrogens with one attached hydrogen (secondary N) is 3. The number of amides is 2. The zero-order valence-electron chi connectivity index (χ0n) is 14.6. The number of aromatic nitrogens is 2. The topological polar surface area (TPSA) is 113 Å². The van der Waals surface area contributed by atoms with Crippen molar-refractivity contribution in [2.75, 3.05) is 10.6 Å². The summed E-state index contributed by atoms with van der Waals surface area (Å²) in [5.74, 6) is -0.657. The Bertz CT molecular complexity index is 956. The van der Waals surface area contributed by atoms with E-state index in [-0.39, 0.29) is 17.5 Å². The van der Waals surface area contributed by atoms with E-state index in [1.165, 1.54) is 12.3 Å². The summed E-state index contributed by atoms with van der Waals surface area (Å²) in [7, 11) is 0. The number of nitrogens with zero attached hydrogens (tertiary/aromatic N) is 1. The number of carbonyl (C=O) groups is 2. The summed E-state index contributed by atoms with van der Waals surface area (Å²) in [6.45, 7) is 5.08. The lowest BCUT2D eigenvalue weighted by Gasteiger charge is -2.18. The number of halogens is 1. The summed E-state index contributed by atoms with van der Waals surface area (Å²) >= 11 is 6.15. The molecule has 2 rings (SSSR count). The van der Waals surface area contributed by atoms with Crippen LogP contribution < -0.4 is 21.9 Å². The molecule has 0 atom stereocenters. The molecule has 1 aromatic heterocycles. The zero-order chi connectivity index (χ0) is 19.5. The van der Waals surface area contributed by atoms with E-state index in [9.17, 15) is 19.2 Å². The minimum absolute atomic E-state index is 0.186. The summed E-state index contributed by atoms with van der Waals surface area (Å²) in [4.78, 5) is 48.7. The Balaban J connectivity index is 2.07. The molecule has 0 aliphatic heterocycles. The average Bonchev–Trinajstić information content (AvgIpc) is 2.51. The van der Waals surface area contributed by atoms with Gasteiger partial charge in [0.1, 0.15) is 6.54 Å². The third-order valence-electron chi connectivity index (χ3n) is 3.39. The van der Waals surface area contributed by atoms with Gasteiger partial charge in [0.2, 0.25) is 11.8 Å². The van der Waals surface area contributed by atoms with Crippen molar-refractivity contribution >= 4 is 34.8 Å². The summed E-state index contributed by atoms with van der Waals surface area (Å²) in [5, 5.41) is 5.58. The van der Waals surface area contributed by atoms with Gasteiger partial charge >= 0.3 is 5.69 Å². The number of aromatic amines is 1. The van der Waals surface area contributed by atoms with Crippen molar-refractivity contribution < 1.29 is 9.59 Å². The Kier molecular flexibility index (Phi) is 5.66. The third-order valence-corrected chi connectivity index (χ3v) is 3.71. The second-order valence-electron chi connectivity index (χ2n) is 6.68. The predicted octanol–water partition coefficient (Wildman–Crippen LogP) is 1.81. The standard InChI is InChI=1S/C17H19ClN4O4/c1-17(2,3)15(25)20-12-5-4-10(8-11(12)18)19-14(24)9-22-7-6-13(23)21-16(22)26/h4-8H,9H2,1-3H3,(H,19,24)(H,20,25)(H,21,23,26). The van der Waals surface area contributed by atoms with Crippen molar-refractivity contribution in [1.82, 2.24) is 9.55 Å². The van der Waals surface area contributed by atoms with E-state index in [2.05, 4.69) is 15.6 Å². The number of hydrogen-bond acceptors (Lipinski definition) is 4. The minimum atomic E-state index is -0.675. The fourth-order valence-electron chi connectivity index (χ4n) is 1.93. The van der Waals surface area contributed by atoms with E-state index in [0.717, 1.165) is 10.6 Å². The van der Waals surface area contributed by atoms with Crippen LogP contribution in [0.3, 0.4) is 0 Å². The molecule has 0 fully saturated rings. The summed E-state index contributed by atoms with van der Waals surface area (Å²) < 4.78 is 1.07. The van der Waals surface area contributed by atoms with Crippen molar-refractivity contribution in [3.05, 3.63) is 56.3 Å². The molecule has 0 saturated heterocycles. The number of benzene rings is 1. The van der Waals surface area contributed by atoms with Gasteiger partial charge in [-0.3, -0.25) is 23.9 Å². The molecule has 0 spiro atoms. The van der Waals surface area contributed by atoms with E-state index in [1.54, 1.807) is 32.9 Å². The van der Waals surface area contributed by atoms with Crippen molar-refractivity contribution in [2.45, 2.75) is 27.3 Å². The van der Waals surface area contributed by atoms with Crippen LogP contribution >= 0.6 is 11.6 Å². The van der Waals surface area contributed by atoms with Crippen molar-refractivity contribution in [1.29, 1.82) is 0 Å². The highest BCUT2D eigenvalue weighted by atomic mass is 35.5. The second-order valence-corrected chi connectivity index (χ2v) is 7.09. The summed E-state index contributed by atoms with van der Waals surface area (Å²) in [5.41, 5.74) is -0.940. The molecule has 0 bridgehead atoms. The molecule has 3 N–H and O–H groups in total. The van der Waals surface area contributed by atoms with E-state index >= 15 is 0 Å². The van der Waals surface area contributed by atoms with Crippen LogP contribution in [0.25, 0.3) is 0 Å². The van der Waals surface area contributed by atoms with Gasteiger partial charge in [-0.1, -0.05) is 32.4 Å². The molecule has 8 nitrogen and oxygen atoms in total. The number of hydrogen-bond donors (Lipinski definition) is 3. The molecule has 9 heteroatoms. The zero-order valence-corrected chi connectivity index (χ0v) is 15.3. The van der Waals surface area contributed by atoms with E-state index < -0.39 is 22.6 Å². The fourth-order valence-corrected chi connectivity index (χ4v) is 2.16. The van der Waals surface area contributed by atoms with Crippen LogP contribution in [-0.4, -0.2) is 21.4 Å². The van der Waals surface area contributed by atoms with E-state index in [1.807, 2.05) is 0 Å². The molecule has 0 saturated carbocycles. The molecule has 0 unspecified atom stereocenters. The van der Waals surface area contributed by atoms with Gasteiger partial charge < -0.3 is 10.6 Å². The van der Waals surface area contributed by atoms with Gasteiger partial charge in [0.25, 0.3) is 5.56 Å². The van der Waals surface area contributed by atoms with Crippen LogP contribution in [-0.2, 0) is 16.1 Å². The predicted molar refractivity (Wildman–Crippen MR) is 99.5 cm³/mol. The number of anilines is 2. The Morgan fingerprint density at radius 3 is 2.42 bits per heavy atom. The van der Waals surface area contributed by atoms with E-state index in [4.69, 9.17) is 11.6 Å². The number of carbonyl (C=O) groups excluding carboxylic acids is 2. The highest BCUT2D eigenvalue weighted by molar-refractivity contribution is 6.34. The first-order chi connectivity index (χ1) is 12.1. The molecule has 0 radical (unpaired) electrons. The van der Waals surface area contributed by atoms with Crippen molar-refractivity contribution in [3.8, 4) is 0 Å². The van der Waals surface area contributed by atoms with Gasteiger partial charge in [0, 0.05) is 23.4 Å². The van der Waals surface area contributed by atoms with E-state index in [0.29, 0.717) is 11.4 Å². The minimum Gasteiger partial charge on any atom is -0.324 e. The molecule has 0 aliphatic rings. The normalized spacial score (nSPS) is 11.1. The quantitative estimate of drug-likeness (QED) is 0.752. The van der Waals surface area contributed by atoms with Crippen LogP contribution in [0, 0.1) is 5.41 Å². The summed E-state index contributed by atoms with van der Waals surface area (Å²) in [6.07, 6.45) is 1.23. The van der Waals surface area contributed by atoms with Crippen LogP contribution in [0.2, 0.25) is 5.02 Å². The monoisotopic (exact) mass is 378 g/mol. The largest absolute Gasteiger partial charge is 0.328 e. The Labute approximate surface area is 154 Å². The lowest BCUT2D eigenvalue weighted by molar-refractivity contribution is -0.123. The maximum atomic E-state index is 12.0. The Morgan fingerprint density at radius 1 is 1.15 bits per heavy atom. The Hall–Kier alpha value is -2.87. The molecule has 1 heterocycles. The molecule has 2 amide bonds. The molecule has 26 heavy (non-hydrogen) atoms. The van der Waals surface area contributed by atoms with Crippen LogP contribution in [0.15, 0.2) is 40.1 Å². The van der Waals surface area contributed by atoms with Gasteiger partial charge in [-0.2, -0.15) is 0 Å². The highest BCUT2D eigenvalue weighted by Gasteiger charge is 2.22. The smallest absolute Gasteiger partial charge is 0.324 e. The van der Waals surface area contributed by atoms with Gasteiger partial charge in [0.15, 0.2) is 0 Å². The number of H-pyrrole nitrogens is 1. The van der Waals surface area contributed by atoms with Gasteiger partial charge in [-0.05, 0) is 18.2 Å². The Morgan fingerprint density at radius 2 is 1.85 bits per heavy atom. The van der Waals surface area contributed by atoms with Crippen molar-refractivity contribution in [3.63, 3.8) is 0 Å². The van der Waals surface area contributed by atoms with Crippen LogP contribution in [0.4, 0.5) is 11.4 Å².